The minimum atomic E-state index is -0.253. The molecule has 0 fully saturated rings. The molecule has 4 nitrogen and oxygen atoms in total. The van der Waals surface area contributed by atoms with Crippen LogP contribution < -0.4 is 15.8 Å². The van der Waals surface area contributed by atoms with E-state index in [4.69, 9.17) is 10.5 Å². The molecule has 0 bridgehead atoms. The van der Waals surface area contributed by atoms with Gasteiger partial charge < -0.3 is 15.8 Å². The molecule has 0 aliphatic carbocycles. The molecule has 126 valence electrons. The maximum absolute atomic E-state index is 12.7. The van der Waals surface area contributed by atoms with Crippen LogP contribution in [-0.2, 0) is 0 Å². The van der Waals surface area contributed by atoms with Crippen LogP contribution in [0, 0.1) is 11.7 Å². The first-order valence-corrected chi connectivity index (χ1v) is 7.50. The van der Waals surface area contributed by atoms with Crippen molar-refractivity contribution in [3.05, 3.63) is 30.1 Å². The van der Waals surface area contributed by atoms with Crippen LogP contribution in [0.5, 0.6) is 5.75 Å². The molecule has 0 saturated heterocycles. The summed E-state index contributed by atoms with van der Waals surface area (Å²) in [6.45, 7) is 6.50. The average Bonchev–Trinajstić information content (AvgIpc) is 2.44. The number of benzene rings is 1. The standard InChI is InChI=1S/C16H26FN3O.HI/c1-13(2)9-11-20-16(18)19-10-3-4-12-21-15-7-5-14(17)6-8-15;/h5-8,13H,3-4,9-12H2,1-2H3,(H3,18,19,20);1H. The number of aliphatic imine (C=N–C) groups is 1. The van der Waals surface area contributed by atoms with E-state index >= 15 is 0 Å². The van der Waals surface area contributed by atoms with E-state index in [-0.39, 0.29) is 29.8 Å². The molecule has 1 aromatic carbocycles. The molecule has 0 aliphatic rings. The highest BCUT2D eigenvalue weighted by molar-refractivity contribution is 14.0. The van der Waals surface area contributed by atoms with Gasteiger partial charge in [0.25, 0.3) is 0 Å². The summed E-state index contributed by atoms with van der Waals surface area (Å²) in [5, 5.41) is 3.10. The number of nitrogens with one attached hydrogen (secondary N) is 1. The first kappa shape index (κ1) is 20.9. The normalized spacial score (nSPS) is 11.2. The summed E-state index contributed by atoms with van der Waals surface area (Å²) in [5.41, 5.74) is 5.75. The van der Waals surface area contributed by atoms with Gasteiger partial charge in [-0.25, -0.2) is 4.39 Å². The summed E-state index contributed by atoms with van der Waals surface area (Å²) in [6, 6.07) is 6.04. The first-order chi connectivity index (χ1) is 10.1. The molecule has 0 atom stereocenters. The van der Waals surface area contributed by atoms with Gasteiger partial charge in [0.15, 0.2) is 5.96 Å². The molecular weight excluding hydrogens is 396 g/mol. The second-order valence-corrected chi connectivity index (χ2v) is 5.39. The van der Waals surface area contributed by atoms with Crippen molar-refractivity contribution in [1.82, 2.24) is 5.32 Å². The third kappa shape index (κ3) is 10.6. The highest BCUT2D eigenvalue weighted by Gasteiger charge is 1.96. The largest absolute Gasteiger partial charge is 0.494 e. The molecule has 22 heavy (non-hydrogen) atoms. The minimum Gasteiger partial charge on any atom is -0.494 e. The van der Waals surface area contributed by atoms with Gasteiger partial charge in [0.05, 0.1) is 6.61 Å². The van der Waals surface area contributed by atoms with E-state index in [1.54, 1.807) is 12.1 Å². The highest BCUT2D eigenvalue weighted by Crippen LogP contribution is 2.11. The van der Waals surface area contributed by atoms with Gasteiger partial charge in [0.2, 0.25) is 0 Å². The fraction of sp³-hybridized carbons (Fsp3) is 0.562. The van der Waals surface area contributed by atoms with Crippen molar-refractivity contribution in [2.24, 2.45) is 16.6 Å². The molecule has 0 aromatic heterocycles. The van der Waals surface area contributed by atoms with Crippen LogP contribution in [0.3, 0.4) is 0 Å². The van der Waals surface area contributed by atoms with Gasteiger partial charge in [-0.2, -0.15) is 0 Å². The van der Waals surface area contributed by atoms with Gasteiger partial charge in [-0.05, 0) is 49.4 Å². The van der Waals surface area contributed by atoms with Crippen LogP contribution in [-0.4, -0.2) is 25.7 Å². The van der Waals surface area contributed by atoms with Gasteiger partial charge in [0.1, 0.15) is 11.6 Å². The Morgan fingerprint density at radius 1 is 1.27 bits per heavy atom. The second-order valence-electron chi connectivity index (χ2n) is 5.39. The van der Waals surface area contributed by atoms with Gasteiger partial charge >= 0.3 is 0 Å². The Balaban J connectivity index is 0.00000441. The fourth-order valence-corrected chi connectivity index (χ4v) is 1.68. The van der Waals surface area contributed by atoms with Crippen molar-refractivity contribution >= 4 is 29.9 Å². The summed E-state index contributed by atoms with van der Waals surface area (Å²) in [6.07, 6.45) is 2.88. The summed E-state index contributed by atoms with van der Waals surface area (Å²) in [7, 11) is 0. The van der Waals surface area contributed by atoms with Crippen molar-refractivity contribution in [2.45, 2.75) is 33.1 Å². The van der Waals surface area contributed by atoms with E-state index in [2.05, 4.69) is 24.2 Å². The van der Waals surface area contributed by atoms with E-state index in [0.717, 1.165) is 25.8 Å². The number of halogens is 2. The quantitative estimate of drug-likeness (QED) is 0.277. The summed E-state index contributed by atoms with van der Waals surface area (Å²) in [4.78, 5) is 4.26. The Morgan fingerprint density at radius 2 is 1.95 bits per heavy atom. The molecule has 1 rings (SSSR count). The van der Waals surface area contributed by atoms with E-state index in [1.165, 1.54) is 12.1 Å². The average molecular weight is 423 g/mol. The third-order valence-corrected chi connectivity index (χ3v) is 2.94. The number of unbranched alkanes of at least 4 members (excludes halogenated alkanes) is 1. The zero-order valence-electron chi connectivity index (χ0n) is 13.3. The molecule has 6 heteroatoms. The Kier molecular flexibility index (Phi) is 11.9. The molecular formula is C16H27FIN3O. The van der Waals surface area contributed by atoms with Crippen LogP contribution in [0.2, 0.25) is 0 Å². The molecule has 1 aromatic rings. The van der Waals surface area contributed by atoms with E-state index in [1.807, 2.05) is 0 Å². The number of rotatable bonds is 9. The number of nitrogens with two attached hydrogens (primary N) is 1. The number of hydrogen-bond acceptors (Lipinski definition) is 2. The zero-order chi connectivity index (χ0) is 15.5. The monoisotopic (exact) mass is 423 g/mol. The molecule has 0 amide bonds. The lowest BCUT2D eigenvalue weighted by molar-refractivity contribution is 0.307. The van der Waals surface area contributed by atoms with Crippen molar-refractivity contribution in [3.63, 3.8) is 0 Å². The molecule has 0 radical (unpaired) electrons. The van der Waals surface area contributed by atoms with Crippen LogP contribution in [0.1, 0.15) is 33.1 Å². The van der Waals surface area contributed by atoms with E-state index < -0.39 is 0 Å². The molecule has 0 unspecified atom stereocenters. The lowest BCUT2D eigenvalue weighted by Gasteiger charge is -2.07. The zero-order valence-corrected chi connectivity index (χ0v) is 15.7. The van der Waals surface area contributed by atoms with Crippen LogP contribution in [0.25, 0.3) is 0 Å². The lowest BCUT2D eigenvalue weighted by atomic mass is 10.1. The van der Waals surface area contributed by atoms with Crippen molar-refractivity contribution < 1.29 is 9.13 Å². The van der Waals surface area contributed by atoms with Gasteiger partial charge in [-0.1, -0.05) is 13.8 Å². The van der Waals surface area contributed by atoms with Crippen molar-refractivity contribution in [3.8, 4) is 5.75 Å². The summed E-state index contributed by atoms with van der Waals surface area (Å²) < 4.78 is 18.2. The van der Waals surface area contributed by atoms with Gasteiger partial charge in [-0.15, -0.1) is 24.0 Å². The number of hydrogen-bond donors (Lipinski definition) is 2. The maximum Gasteiger partial charge on any atom is 0.188 e. The lowest BCUT2D eigenvalue weighted by Crippen LogP contribution is -2.33. The second kappa shape index (κ2) is 12.5. The van der Waals surface area contributed by atoms with Crippen molar-refractivity contribution in [2.75, 3.05) is 19.7 Å². The summed E-state index contributed by atoms with van der Waals surface area (Å²) in [5.74, 6) is 1.61. The Labute approximate surface area is 149 Å². The number of nitrogens with zero attached hydrogens (tertiary/aromatic N) is 1. The Hall–Kier alpha value is -1.05. The third-order valence-electron chi connectivity index (χ3n) is 2.94. The molecule has 3 N–H and O–H groups in total. The Bertz CT molecular complexity index is 424. The molecule has 0 spiro atoms. The maximum atomic E-state index is 12.7. The SMILES string of the molecule is CC(C)CCNC(N)=NCCCCOc1ccc(F)cc1.I. The Morgan fingerprint density at radius 3 is 2.59 bits per heavy atom. The smallest absolute Gasteiger partial charge is 0.188 e. The first-order valence-electron chi connectivity index (χ1n) is 7.50. The topological polar surface area (TPSA) is 59.6 Å². The van der Waals surface area contributed by atoms with E-state index in [0.29, 0.717) is 30.8 Å². The van der Waals surface area contributed by atoms with Crippen LogP contribution in [0.15, 0.2) is 29.3 Å². The molecule has 0 heterocycles. The molecule has 0 saturated carbocycles. The number of guanidine groups is 1. The fourth-order valence-electron chi connectivity index (χ4n) is 1.68. The van der Waals surface area contributed by atoms with Crippen molar-refractivity contribution in [1.29, 1.82) is 0 Å². The number of ether oxygens (including phenoxy) is 1. The van der Waals surface area contributed by atoms with Crippen LogP contribution in [0.4, 0.5) is 4.39 Å². The van der Waals surface area contributed by atoms with Crippen LogP contribution >= 0.6 is 24.0 Å². The summed E-state index contributed by atoms with van der Waals surface area (Å²) >= 11 is 0. The van der Waals surface area contributed by atoms with Gasteiger partial charge in [-0.3, -0.25) is 4.99 Å². The molecule has 0 aliphatic heterocycles. The highest BCUT2D eigenvalue weighted by atomic mass is 127. The van der Waals surface area contributed by atoms with E-state index in [9.17, 15) is 4.39 Å². The predicted octanol–water partition coefficient (Wildman–Crippen LogP) is 3.55. The van der Waals surface area contributed by atoms with Gasteiger partial charge in [0, 0.05) is 13.1 Å². The predicted molar refractivity (Wildman–Crippen MR) is 100 cm³/mol. The minimum absolute atomic E-state index is 0.